The van der Waals surface area contributed by atoms with E-state index in [1.807, 2.05) is 0 Å². The summed E-state index contributed by atoms with van der Waals surface area (Å²) < 4.78 is 50.0. The van der Waals surface area contributed by atoms with E-state index in [-0.39, 0.29) is 18.5 Å². The lowest BCUT2D eigenvalue weighted by Gasteiger charge is -2.15. The van der Waals surface area contributed by atoms with E-state index in [1.165, 1.54) is 6.33 Å². The van der Waals surface area contributed by atoms with Crippen LogP contribution in [0.2, 0.25) is 0 Å². The number of ether oxygens (including phenoxy) is 2. The first-order valence-corrected chi connectivity index (χ1v) is 9.20. The van der Waals surface area contributed by atoms with Gasteiger partial charge in [-0.05, 0) is 0 Å². The second-order valence-corrected chi connectivity index (χ2v) is 6.60. The van der Waals surface area contributed by atoms with Gasteiger partial charge in [-0.2, -0.15) is 13.2 Å². The van der Waals surface area contributed by atoms with Crippen molar-refractivity contribution in [3.8, 4) is 11.8 Å². The number of nitrogens with two attached hydrogens (primary N) is 1. The van der Waals surface area contributed by atoms with Crippen LogP contribution in [0.25, 0.3) is 11.0 Å². The van der Waals surface area contributed by atoms with Gasteiger partial charge in [0.25, 0.3) is 0 Å². The summed E-state index contributed by atoms with van der Waals surface area (Å²) in [6, 6.07) is 0. The summed E-state index contributed by atoms with van der Waals surface area (Å²) in [4.78, 5) is 19.0. The first kappa shape index (κ1) is 22.5. The molecule has 0 aromatic carbocycles. The predicted octanol–water partition coefficient (Wildman–Crippen LogP) is 0.895. The molecule has 3 heterocycles. The molecule has 2 aromatic heterocycles. The number of nitrogens with one attached hydrogen (secondary N) is 1. The average molecular weight is 439 g/mol. The number of carbonyl (C=O) groups is 1. The molecular formula is C19H20F3N5O4. The predicted molar refractivity (Wildman–Crippen MR) is 103 cm³/mol. The fraction of sp³-hybridized carbons (Fsp3) is 0.421. The number of hydrogen-bond donors (Lipinski definition) is 3. The van der Waals surface area contributed by atoms with Crippen LogP contribution in [0.15, 0.2) is 25.2 Å². The SMILES string of the molecule is C=CCOC1CC(n2cc(C#CCNC(=O)C(F)(F)F)c3c(N)ncnc32)OC1CO. The van der Waals surface area contributed by atoms with Crippen molar-refractivity contribution in [2.24, 2.45) is 0 Å². The minimum Gasteiger partial charge on any atom is -0.394 e. The number of anilines is 1. The number of alkyl halides is 3. The van der Waals surface area contributed by atoms with Crippen molar-refractivity contribution in [1.82, 2.24) is 19.9 Å². The molecular weight excluding hydrogens is 419 g/mol. The number of aliphatic hydroxyl groups is 1. The number of nitrogen functional groups attached to an aromatic ring is 1. The minimum absolute atomic E-state index is 0.128. The first-order valence-electron chi connectivity index (χ1n) is 9.20. The third-order valence-electron chi connectivity index (χ3n) is 4.56. The van der Waals surface area contributed by atoms with Gasteiger partial charge in [0.15, 0.2) is 0 Å². The van der Waals surface area contributed by atoms with Gasteiger partial charge in [-0.3, -0.25) is 4.79 Å². The Labute approximate surface area is 175 Å². The molecule has 0 aliphatic carbocycles. The molecule has 3 atom stereocenters. The Morgan fingerprint density at radius 3 is 2.97 bits per heavy atom. The molecule has 12 heteroatoms. The van der Waals surface area contributed by atoms with E-state index < -0.39 is 31.0 Å². The normalized spacial score (nSPS) is 21.0. The Hall–Kier alpha value is -3.14. The molecule has 1 saturated heterocycles. The largest absolute Gasteiger partial charge is 0.471 e. The molecule has 1 aliphatic heterocycles. The second-order valence-electron chi connectivity index (χ2n) is 6.60. The summed E-state index contributed by atoms with van der Waals surface area (Å²) in [5.74, 6) is 3.20. The number of carbonyl (C=O) groups excluding carboxylic acids is 1. The molecule has 0 bridgehead atoms. The molecule has 1 amide bonds. The van der Waals surface area contributed by atoms with Crippen molar-refractivity contribution in [3.63, 3.8) is 0 Å². The van der Waals surface area contributed by atoms with Crippen molar-refractivity contribution in [3.05, 3.63) is 30.7 Å². The zero-order chi connectivity index (χ0) is 22.6. The summed E-state index contributed by atoms with van der Waals surface area (Å²) in [5.41, 5.74) is 6.72. The fourth-order valence-corrected chi connectivity index (χ4v) is 3.19. The van der Waals surface area contributed by atoms with Crippen molar-refractivity contribution in [2.75, 3.05) is 25.5 Å². The highest BCUT2D eigenvalue weighted by molar-refractivity contribution is 5.92. The number of aromatic nitrogens is 3. The fourth-order valence-electron chi connectivity index (χ4n) is 3.19. The van der Waals surface area contributed by atoms with E-state index in [2.05, 4.69) is 28.4 Å². The van der Waals surface area contributed by atoms with Gasteiger partial charge in [0.05, 0.1) is 36.8 Å². The zero-order valence-corrected chi connectivity index (χ0v) is 16.2. The van der Waals surface area contributed by atoms with Crippen LogP contribution >= 0.6 is 0 Å². The molecule has 3 unspecified atom stereocenters. The maximum Gasteiger partial charge on any atom is 0.471 e. The molecule has 9 nitrogen and oxygen atoms in total. The maximum absolute atomic E-state index is 12.3. The van der Waals surface area contributed by atoms with Crippen molar-refractivity contribution < 1.29 is 32.5 Å². The van der Waals surface area contributed by atoms with E-state index in [4.69, 9.17) is 15.2 Å². The number of amides is 1. The summed E-state index contributed by atoms with van der Waals surface area (Å²) in [7, 11) is 0. The van der Waals surface area contributed by atoms with E-state index in [0.717, 1.165) is 0 Å². The molecule has 0 radical (unpaired) electrons. The summed E-state index contributed by atoms with van der Waals surface area (Å²) in [6.07, 6.45) is -1.63. The summed E-state index contributed by atoms with van der Waals surface area (Å²) >= 11 is 0. The van der Waals surface area contributed by atoms with Crippen molar-refractivity contribution in [2.45, 2.75) is 31.0 Å². The molecule has 3 rings (SSSR count). The average Bonchev–Trinajstić information content (AvgIpc) is 3.30. The van der Waals surface area contributed by atoms with Gasteiger partial charge < -0.3 is 30.2 Å². The first-order chi connectivity index (χ1) is 14.8. The van der Waals surface area contributed by atoms with E-state index in [9.17, 15) is 23.1 Å². The van der Waals surface area contributed by atoms with Gasteiger partial charge in [0, 0.05) is 12.6 Å². The highest BCUT2D eigenvalue weighted by Crippen LogP contribution is 2.35. The van der Waals surface area contributed by atoms with Crippen LogP contribution in [0.5, 0.6) is 0 Å². The lowest BCUT2D eigenvalue weighted by Crippen LogP contribution is -2.36. The Balaban J connectivity index is 1.86. The van der Waals surface area contributed by atoms with Crippen molar-refractivity contribution in [1.29, 1.82) is 0 Å². The van der Waals surface area contributed by atoms with Gasteiger partial charge in [-0.15, -0.1) is 6.58 Å². The van der Waals surface area contributed by atoms with E-state index >= 15 is 0 Å². The van der Waals surface area contributed by atoms with E-state index in [0.29, 0.717) is 29.6 Å². The smallest absolute Gasteiger partial charge is 0.394 e. The number of halogens is 3. The molecule has 166 valence electrons. The topological polar surface area (TPSA) is 125 Å². The number of rotatable bonds is 6. The molecule has 0 saturated carbocycles. The van der Waals surface area contributed by atoms with Crippen LogP contribution in [0.3, 0.4) is 0 Å². The van der Waals surface area contributed by atoms with Gasteiger partial charge in [0.2, 0.25) is 0 Å². The van der Waals surface area contributed by atoms with Gasteiger partial charge in [-0.25, -0.2) is 9.97 Å². The molecule has 4 N–H and O–H groups in total. The third kappa shape index (κ3) is 4.96. The summed E-state index contributed by atoms with van der Waals surface area (Å²) in [6.45, 7) is 3.13. The Kier molecular flexibility index (Phi) is 6.79. The number of aliphatic hydroxyl groups excluding tert-OH is 1. The Bertz CT molecular complexity index is 1030. The lowest BCUT2D eigenvalue weighted by atomic mass is 10.2. The highest BCUT2D eigenvalue weighted by atomic mass is 19.4. The van der Waals surface area contributed by atoms with Crippen molar-refractivity contribution >= 4 is 22.8 Å². The van der Waals surface area contributed by atoms with Gasteiger partial charge >= 0.3 is 12.1 Å². The van der Waals surface area contributed by atoms with Gasteiger partial charge in [0.1, 0.15) is 30.1 Å². The Morgan fingerprint density at radius 1 is 1.52 bits per heavy atom. The highest BCUT2D eigenvalue weighted by Gasteiger charge is 2.38. The summed E-state index contributed by atoms with van der Waals surface area (Å²) in [5, 5.41) is 11.7. The van der Waals surface area contributed by atoms with Crippen LogP contribution < -0.4 is 11.1 Å². The monoisotopic (exact) mass is 439 g/mol. The van der Waals surface area contributed by atoms with Crippen LogP contribution in [0.4, 0.5) is 19.0 Å². The van der Waals surface area contributed by atoms with Crippen LogP contribution in [-0.4, -0.2) is 63.7 Å². The second kappa shape index (κ2) is 9.34. The third-order valence-corrected chi connectivity index (χ3v) is 4.56. The molecule has 31 heavy (non-hydrogen) atoms. The zero-order valence-electron chi connectivity index (χ0n) is 16.2. The van der Waals surface area contributed by atoms with Gasteiger partial charge in [-0.1, -0.05) is 17.9 Å². The number of nitrogens with zero attached hydrogens (tertiary/aromatic N) is 3. The number of hydrogen-bond acceptors (Lipinski definition) is 7. The molecule has 1 fully saturated rings. The standard InChI is InChI=1S/C19H20F3N5O4/c1-2-6-30-12-7-14(31-13(12)9-28)27-8-11(15-16(23)25-10-26-17(15)27)4-3-5-24-18(29)19(20,21)22/h2,8,10,12-14,28H,1,5-7,9H2,(H,24,29)(H2,23,25,26). The number of fused-ring (bicyclic) bond motifs is 1. The maximum atomic E-state index is 12.3. The lowest BCUT2D eigenvalue weighted by molar-refractivity contribution is -0.173. The molecule has 1 aliphatic rings. The Morgan fingerprint density at radius 2 is 2.29 bits per heavy atom. The van der Waals surface area contributed by atoms with Crippen LogP contribution in [0.1, 0.15) is 18.2 Å². The molecule has 0 spiro atoms. The van der Waals surface area contributed by atoms with Crippen LogP contribution in [0, 0.1) is 11.8 Å². The van der Waals surface area contributed by atoms with Crippen LogP contribution in [-0.2, 0) is 14.3 Å². The molecule has 2 aromatic rings. The van der Waals surface area contributed by atoms with E-state index in [1.54, 1.807) is 22.2 Å². The quantitative estimate of drug-likeness (QED) is 0.451. The minimum atomic E-state index is -4.98.